The van der Waals surface area contributed by atoms with Crippen LogP contribution in [0.25, 0.3) is 0 Å². The lowest BCUT2D eigenvalue weighted by atomic mass is 10.7. The first-order chi connectivity index (χ1) is 4.86. The molecule has 0 saturated carbocycles. The van der Waals surface area contributed by atoms with Crippen LogP contribution in [0.3, 0.4) is 0 Å². The fraction of sp³-hybridized carbons (Fsp3) is 0.400. The number of nitrogens with zero attached hydrogens (tertiary/aromatic N) is 3. The van der Waals surface area contributed by atoms with Gasteiger partial charge in [0.2, 0.25) is 0 Å². The molecule has 0 amide bonds. The van der Waals surface area contributed by atoms with Gasteiger partial charge in [0.05, 0.1) is 13.0 Å². The van der Waals surface area contributed by atoms with Crippen molar-refractivity contribution in [3.8, 4) is 6.01 Å². The van der Waals surface area contributed by atoms with E-state index in [-0.39, 0.29) is 5.88 Å². The first kappa shape index (κ1) is 7.21. The fourth-order valence-corrected chi connectivity index (χ4v) is 0.605. The minimum absolute atomic E-state index is 0.277. The molecule has 0 aromatic carbocycles. The van der Waals surface area contributed by atoms with E-state index in [1.54, 1.807) is 0 Å². The molecule has 0 aliphatic carbocycles. The smallest absolute Gasteiger partial charge is 0.319 e. The Bertz CT molecular complexity index is 199. The van der Waals surface area contributed by atoms with Crippen molar-refractivity contribution in [1.29, 1.82) is 0 Å². The van der Waals surface area contributed by atoms with E-state index in [9.17, 15) is 0 Å². The highest BCUT2D eigenvalue weighted by Crippen LogP contribution is 2.00. The topological polar surface area (TPSA) is 47.9 Å². The predicted molar refractivity (Wildman–Crippen MR) is 35.9 cm³/mol. The zero-order chi connectivity index (χ0) is 7.40. The van der Waals surface area contributed by atoms with Crippen molar-refractivity contribution in [1.82, 2.24) is 15.0 Å². The van der Waals surface area contributed by atoms with Crippen LogP contribution >= 0.6 is 11.6 Å². The standard InChI is InChI=1S/C5H6ClN3O/c1-10-5-8-3-7-4(2-6)9-5/h3H,2H2,1H3. The number of alkyl halides is 1. The molecule has 0 atom stereocenters. The second-order valence-electron chi connectivity index (χ2n) is 1.52. The van der Waals surface area contributed by atoms with Crippen molar-refractivity contribution in [2.24, 2.45) is 0 Å². The van der Waals surface area contributed by atoms with Gasteiger partial charge in [0.1, 0.15) is 6.33 Å². The molecule has 0 N–H and O–H groups in total. The minimum atomic E-state index is 0.277. The fourth-order valence-electron chi connectivity index (χ4n) is 0.476. The number of aromatic nitrogens is 3. The van der Waals surface area contributed by atoms with E-state index >= 15 is 0 Å². The Morgan fingerprint density at radius 1 is 1.60 bits per heavy atom. The second-order valence-corrected chi connectivity index (χ2v) is 1.79. The summed E-state index contributed by atoms with van der Waals surface area (Å²) in [7, 11) is 1.49. The highest BCUT2D eigenvalue weighted by atomic mass is 35.5. The van der Waals surface area contributed by atoms with Gasteiger partial charge in [-0.2, -0.15) is 9.97 Å². The summed E-state index contributed by atoms with van der Waals surface area (Å²) in [6.45, 7) is 0. The lowest BCUT2D eigenvalue weighted by Crippen LogP contribution is -1.96. The van der Waals surface area contributed by atoms with Gasteiger partial charge in [0.15, 0.2) is 5.82 Å². The molecule has 0 unspecified atom stereocenters. The summed E-state index contributed by atoms with van der Waals surface area (Å²) in [5.74, 6) is 0.798. The normalized spacial score (nSPS) is 9.40. The quantitative estimate of drug-likeness (QED) is 0.594. The average molecular weight is 160 g/mol. The monoisotopic (exact) mass is 159 g/mol. The summed E-state index contributed by atoms with van der Waals surface area (Å²) < 4.78 is 4.74. The van der Waals surface area contributed by atoms with E-state index in [4.69, 9.17) is 16.3 Å². The molecule has 0 spiro atoms. The summed E-state index contributed by atoms with van der Waals surface area (Å²) in [5.41, 5.74) is 0. The van der Waals surface area contributed by atoms with E-state index < -0.39 is 0 Å². The summed E-state index contributed by atoms with van der Waals surface area (Å²) in [6, 6.07) is 0.297. The number of rotatable bonds is 2. The molecule has 0 bridgehead atoms. The molecular weight excluding hydrogens is 154 g/mol. The van der Waals surface area contributed by atoms with Crippen LogP contribution in [-0.2, 0) is 5.88 Å². The van der Waals surface area contributed by atoms with Crippen molar-refractivity contribution in [2.45, 2.75) is 5.88 Å². The number of ether oxygens (including phenoxy) is 1. The van der Waals surface area contributed by atoms with Crippen LogP contribution in [0.15, 0.2) is 6.33 Å². The van der Waals surface area contributed by atoms with E-state index in [1.165, 1.54) is 13.4 Å². The third-order valence-electron chi connectivity index (χ3n) is 0.902. The van der Waals surface area contributed by atoms with Gasteiger partial charge in [-0.3, -0.25) is 0 Å². The molecule has 0 saturated heterocycles. The molecule has 0 aliphatic heterocycles. The van der Waals surface area contributed by atoms with Crippen LogP contribution in [0.2, 0.25) is 0 Å². The van der Waals surface area contributed by atoms with Crippen LogP contribution in [-0.4, -0.2) is 22.1 Å². The molecule has 1 aromatic rings. The van der Waals surface area contributed by atoms with Crippen molar-refractivity contribution in [3.05, 3.63) is 12.2 Å². The molecule has 1 rings (SSSR count). The van der Waals surface area contributed by atoms with Crippen molar-refractivity contribution < 1.29 is 4.74 Å². The number of hydrogen-bond acceptors (Lipinski definition) is 4. The molecule has 1 aromatic heterocycles. The summed E-state index contributed by atoms with van der Waals surface area (Å²) >= 11 is 5.45. The molecule has 0 radical (unpaired) electrons. The Morgan fingerprint density at radius 3 is 3.00 bits per heavy atom. The second kappa shape index (κ2) is 3.31. The maximum atomic E-state index is 5.45. The Morgan fingerprint density at radius 2 is 2.40 bits per heavy atom. The average Bonchev–Trinajstić information content (AvgIpc) is 2.05. The van der Waals surface area contributed by atoms with Gasteiger partial charge in [-0.15, -0.1) is 11.6 Å². The van der Waals surface area contributed by atoms with E-state index in [2.05, 4.69) is 15.0 Å². The van der Waals surface area contributed by atoms with Gasteiger partial charge in [0, 0.05) is 0 Å². The van der Waals surface area contributed by atoms with Crippen molar-refractivity contribution >= 4 is 11.6 Å². The molecule has 0 aliphatic rings. The molecule has 5 heteroatoms. The molecule has 10 heavy (non-hydrogen) atoms. The van der Waals surface area contributed by atoms with E-state index in [0.717, 1.165) is 0 Å². The highest BCUT2D eigenvalue weighted by Gasteiger charge is 1.96. The molecule has 1 heterocycles. The third kappa shape index (κ3) is 1.54. The SMILES string of the molecule is COc1ncnc(CCl)n1. The maximum Gasteiger partial charge on any atom is 0.319 e. The summed E-state index contributed by atoms with van der Waals surface area (Å²) in [5, 5.41) is 0. The van der Waals surface area contributed by atoms with Gasteiger partial charge in [-0.05, 0) is 0 Å². The largest absolute Gasteiger partial charge is 0.467 e. The lowest BCUT2D eigenvalue weighted by Gasteiger charge is -1.95. The third-order valence-corrected chi connectivity index (χ3v) is 1.14. The molecular formula is C5H6ClN3O. The van der Waals surface area contributed by atoms with Gasteiger partial charge in [-0.1, -0.05) is 0 Å². The highest BCUT2D eigenvalue weighted by molar-refractivity contribution is 6.16. The van der Waals surface area contributed by atoms with Crippen molar-refractivity contribution in [3.63, 3.8) is 0 Å². The maximum absolute atomic E-state index is 5.45. The van der Waals surface area contributed by atoms with Crippen LogP contribution in [0.1, 0.15) is 5.82 Å². The Kier molecular flexibility index (Phi) is 2.39. The van der Waals surface area contributed by atoms with Crippen LogP contribution < -0.4 is 4.74 Å². The Hall–Kier alpha value is -0.900. The zero-order valence-electron chi connectivity index (χ0n) is 5.41. The van der Waals surface area contributed by atoms with Gasteiger partial charge < -0.3 is 4.74 Å². The Balaban J connectivity index is 2.87. The van der Waals surface area contributed by atoms with E-state index in [1.807, 2.05) is 0 Å². The van der Waals surface area contributed by atoms with Gasteiger partial charge in [-0.25, -0.2) is 4.98 Å². The summed E-state index contributed by atoms with van der Waals surface area (Å²) in [4.78, 5) is 11.3. The van der Waals surface area contributed by atoms with Crippen LogP contribution in [0.4, 0.5) is 0 Å². The predicted octanol–water partition coefficient (Wildman–Crippen LogP) is 0.619. The number of hydrogen-bond donors (Lipinski definition) is 0. The summed E-state index contributed by atoms with van der Waals surface area (Å²) in [6.07, 6.45) is 1.36. The van der Waals surface area contributed by atoms with Gasteiger partial charge in [0.25, 0.3) is 0 Å². The van der Waals surface area contributed by atoms with Crippen LogP contribution in [0, 0.1) is 0 Å². The number of methoxy groups -OCH3 is 1. The lowest BCUT2D eigenvalue weighted by molar-refractivity contribution is 0.376. The molecule has 4 nitrogen and oxygen atoms in total. The van der Waals surface area contributed by atoms with Gasteiger partial charge >= 0.3 is 6.01 Å². The molecule has 0 fully saturated rings. The van der Waals surface area contributed by atoms with Crippen molar-refractivity contribution in [2.75, 3.05) is 7.11 Å². The first-order valence-corrected chi connectivity index (χ1v) is 3.18. The number of halogens is 1. The minimum Gasteiger partial charge on any atom is -0.467 e. The van der Waals surface area contributed by atoms with E-state index in [0.29, 0.717) is 11.8 Å². The zero-order valence-corrected chi connectivity index (χ0v) is 6.17. The first-order valence-electron chi connectivity index (χ1n) is 2.64. The van der Waals surface area contributed by atoms with Crippen LogP contribution in [0.5, 0.6) is 6.01 Å². The molecule has 54 valence electrons. The Labute approximate surface area is 63.2 Å².